The number of hydrogen-bond acceptors (Lipinski definition) is 1. The lowest BCUT2D eigenvalue weighted by Crippen LogP contribution is -2.23. The maximum atomic E-state index is 4.12. The van der Waals surface area contributed by atoms with Gasteiger partial charge in [0.2, 0.25) is 0 Å². The zero-order valence-electron chi connectivity index (χ0n) is 8.41. The molecule has 0 bridgehead atoms. The van der Waals surface area contributed by atoms with Crippen LogP contribution in [0.15, 0.2) is 23.2 Å². The zero-order valence-corrected chi connectivity index (χ0v) is 8.41. The lowest BCUT2D eigenvalue weighted by atomic mass is 10.2. The Labute approximate surface area is 79.1 Å². The van der Waals surface area contributed by atoms with Crippen molar-refractivity contribution in [3.8, 4) is 0 Å². The van der Waals surface area contributed by atoms with Crippen LogP contribution in [0.3, 0.4) is 0 Å². The van der Waals surface area contributed by atoms with E-state index in [1.807, 2.05) is 20.0 Å². The summed E-state index contributed by atoms with van der Waals surface area (Å²) in [6.07, 6.45) is 5.78. The number of benzene rings is 1. The molecule has 0 amide bonds. The van der Waals surface area contributed by atoms with Crippen LogP contribution in [0.2, 0.25) is 0 Å². The molecule has 13 heavy (non-hydrogen) atoms. The lowest BCUT2D eigenvalue weighted by Gasteiger charge is -1.92. The van der Waals surface area contributed by atoms with Crippen LogP contribution in [-0.2, 0) is 0 Å². The third-order valence-electron chi connectivity index (χ3n) is 1.92. The van der Waals surface area contributed by atoms with Crippen LogP contribution in [0.4, 0.5) is 0 Å². The molecule has 0 saturated heterocycles. The molecule has 0 aliphatic carbocycles. The summed E-state index contributed by atoms with van der Waals surface area (Å²) in [4.78, 5) is 4.12. The molecule has 0 aliphatic heterocycles. The number of nitrogens with zero attached hydrogens (tertiary/aromatic N) is 1. The minimum absolute atomic E-state index is 1.18. The van der Waals surface area contributed by atoms with E-state index in [-0.39, 0.29) is 0 Å². The second kappa shape index (κ2) is 4.61. The zero-order chi connectivity index (χ0) is 9.68. The third kappa shape index (κ3) is 2.55. The first-order chi connectivity index (χ1) is 6.27. The average molecular weight is 173 g/mol. The van der Waals surface area contributed by atoms with Crippen molar-refractivity contribution in [3.05, 3.63) is 34.2 Å². The van der Waals surface area contributed by atoms with Gasteiger partial charge in [-0.1, -0.05) is 23.8 Å². The molecule has 0 N–H and O–H groups in total. The normalized spacial score (nSPS) is 14.4. The number of hydrogen-bond donors (Lipinski definition) is 0. The second-order valence-corrected chi connectivity index (χ2v) is 2.96. The molecule has 0 spiro atoms. The summed E-state index contributed by atoms with van der Waals surface area (Å²) in [5, 5.41) is 2.41. The lowest BCUT2D eigenvalue weighted by molar-refractivity contribution is 1.39. The van der Waals surface area contributed by atoms with Gasteiger partial charge in [-0.2, -0.15) is 0 Å². The fourth-order valence-corrected chi connectivity index (χ4v) is 1.22. The van der Waals surface area contributed by atoms with Gasteiger partial charge in [0.25, 0.3) is 0 Å². The molecule has 0 aliphatic rings. The summed E-state index contributed by atoms with van der Waals surface area (Å²) in [6.45, 7) is 6.05. The van der Waals surface area contributed by atoms with E-state index in [0.29, 0.717) is 0 Å². The second-order valence-electron chi connectivity index (χ2n) is 2.96. The number of aryl methyl sites for hydroxylation is 1. The van der Waals surface area contributed by atoms with Crippen LogP contribution >= 0.6 is 0 Å². The van der Waals surface area contributed by atoms with E-state index in [1.165, 1.54) is 16.0 Å². The van der Waals surface area contributed by atoms with Gasteiger partial charge in [0.05, 0.1) is 0 Å². The monoisotopic (exact) mass is 173 g/mol. The van der Waals surface area contributed by atoms with Crippen molar-refractivity contribution in [3.63, 3.8) is 0 Å². The van der Waals surface area contributed by atoms with Gasteiger partial charge in [0, 0.05) is 12.4 Å². The Hall–Kier alpha value is -1.37. The van der Waals surface area contributed by atoms with E-state index in [0.717, 1.165) is 0 Å². The predicted octanol–water partition coefficient (Wildman–Crippen LogP) is 1.62. The van der Waals surface area contributed by atoms with E-state index in [1.54, 1.807) is 6.21 Å². The fourth-order valence-electron chi connectivity index (χ4n) is 1.22. The van der Waals surface area contributed by atoms with Crippen LogP contribution < -0.4 is 10.4 Å². The standard InChI is InChI=1S/C12H15N/c1-4-11-7-6-10(3)8-12(11)9-13-5-2/h4-9H,1-3H3/b11-4-,12-9-,13-5-. The predicted molar refractivity (Wildman–Crippen MR) is 59.2 cm³/mol. The van der Waals surface area contributed by atoms with Crippen molar-refractivity contribution in [2.75, 3.05) is 0 Å². The highest BCUT2D eigenvalue weighted by atomic mass is 14.6. The Kier molecular flexibility index (Phi) is 3.44. The molecular formula is C12H15N. The summed E-state index contributed by atoms with van der Waals surface area (Å²) < 4.78 is 0. The molecule has 1 aromatic carbocycles. The van der Waals surface area contributed by atoms with Crippen molar-refractivity contribution in [2.24, 2.45) is 4.99 Å². The highest BCUT2D eigenvalue weighted by Crippen LogP contribution is 1.86. The Morgan fingerprint density at radius 3 is 2.54 bits per heavy atom. The molecule has 1 aromatic rings. The minimum Gasteiger partial charge on any atom is -0.269 e. The van der Waals surface area contributed by atoms with Gasteiger partial charge >= 0.3 is 0 Å². The maximum absolute atomic E-state index is 4.12. The smallest absolute Gasteiger partial charge is 0.0342 e. The van der Waals surface area contributed by atoms with E-state index in [2.05, 4.69) is 36.2 Å². The molecule has 68 valence electrons. The van der Waals surface area contributed by atoms with Crippen molar-refractivity contribution in [1.82, 2.24) is 0 Å². The molecule has 1 heteroatoms. The van der Waals surface area contributed by atoms with Gasteiger partial charge in [-0.25, -0.2) is 0 Å². The molecule has 1 rings (SSSR count). The average Bonchev–Trinajstić information content (AvgIpc) is 2.15. The van der Waals surface area contributed by atoms with E-state index < -0.39 is 0 Å². The van der Waals surface area contributed by atoms with Crippen LogP contribution in [-0.4, -0.2) is 6.21 Å². The Morgan fingerprint density at radius 2 is 1.92 bits per heavy atom. The highest BCUT2D eigenvalue weighted by Gasteiger charge is 1.85. The molecule has 1 nitrogen and oxygen atoms in total. The van der Waals surface area contributed by atoms with Gasteiger partial charge in [0.1, 0.15) is 0 Å². The largest absolute Gasteiger partial charge is 0.269 e. The van der Waals surface area contributed by atoms with Crippen LogP contribution in [0, 0.1) is 6.92 Å². The van der Waals surface area contributed by atoms with Crippen molar-refractivity contribution in [1.29, 1.82) is 0 Å². The molecule has 0 radical (unpaired) electrons. The van der Waals surface area contributed by atoms with E-state index in [9.17, 15) is 0 Å². The SMILES string of the molecule is C\C=N/C=c1/cc(C)cc/c1=C/C. The summed E-state index contributed by atoms with van der Waals surface area (Å²) in [6, 6.07) is 6.37. The molecule has 0 atom stereocenters. The first kappa shape index (κ1) is 9.72. The van der Waals surface area contributed by atoms with E-state index >= 15 is 0 Å². The quantitative estimate of drug-likeness (QED) is 0.572. The van der Waals surface area contributed by atoms with Crippen LogP contribution in [0.5, 0.6) is 0 Å². The Balaban J connectivity index is 3.41. The highest BCUT2D eigenvalue weighted by molar-refractivity contribution is 5.57. The molecular weight excluding hydrogens is 158 g/mol. The molecule has 0 fully saturated rings. The van der Waals surface area contributed by atoms with Crippen molar-refractivity contribution < 1.29 is 0 Å². The van der Waals surface area contributed by atoms with Crippen LogP contribution in [0.1, 0.15) is 19.4 Å². The third-order valence-corrected chi connectivity index (χ3v) is 1.92. The first-order valence-corrected chi connectivity index (χ1v) is 4.49. The molecule has 0 saturated carbocycles. The Bertz CT molecular complexity index is 413. The van der Waals surface area contributed by atoms with E-state index in [4.69, 9.17) is 0 Å². The summed E-state index contributed by atoms with van der Waals surface area (Å²) in [5.74, 6) is 0. The fraction of sp³-hybridized carbons (Fsp3) is 0.250. The Morgan fingerprint density at radius 1 is 1.15 bits per heavy atom. The molecule has 0 heterocycles. The number of aliphatic imine (C=N–C) groups is 1. The maximum Gasteiger partial charge on any atom is 0.0342 e. The first-order valence-electron chi connectivity index (χ1n) is 4.49. The van der Waals surface area contributed by atoms with Gasteiger partial charge in [-0.05, 0) is 37.3 Å². The van der Waals surface area contributed by atoms with Gasteiger partial charge in [-0.3, -0.25) is 4.99 Å². The number of rotatable bonds is 1. The van der Waals surface area contributed by atoms with Gasteiger partial charge < -0.3 is 0 Å². The van der Waals surface area contributed by atoms with Gasteiger partial charge in [-0.15, -0.1) is 0 Å². The van der Waals surface area contributed by atoms with Crippen molar-refractivity contribution >= 4 is 18.5 Å². The van der Waals surface area contributed by atoms with Crippen LogP contribution in [0.25, 0.3) is 12.3 Å². The molecule has 0 unspecified atom stereocenters. The van der Waals surface area contributed by atoms with Gasteiger partial charge in [0.15, 0.2) is 0 Å². The minimum atomic E-state index is 1.18. The van der Waals surface area contributed by atoms with Crippen molar-refractivity contribution in [2.45, 2.75) is 20.8 Å². The summed E-state index contributed by atoms with van der Waals surface area (Å²) in [5.41, 5.74) is 1.27. The summed E-state index contributed by atoms with van der Waals surface area (Å²) >= 11 is 0. The molecule has 0 aromatic heterocycles. The topological polar surface area (TPSA) is 12.4 Å². The summed E-state index contributed by atoms with van der Waals surface area (Å²) in [7, 11) is 0.